The Labute approximate surface area is 138 Å². The third kappa shape index (κ3) is 3.70. The molecule has 0 bridgehead atoms. The summed E-state index contributed by atoms with van der Waals surface area (Å²) in [5, 5.41) is 1.26. The molecule has 0 aromatic carbocycles. The quantitative estimate of drug-likeness (QED) is 0.855. The second-order valence-corrected chi connectivity index (χ2v) is 8.87. The van der Waals surface area contributed by atoms with Gasteiger partial charge in [0.2, 0.25) is 0 Å². The maximum Gasteiger partial charge on any atom is 0.107 e. The van der Waals surface area contributed by atoms with Crippen molar-refractivity contribution in [2.75, 3.05) is 39.4 Å². The van der Waals surface area contributed by atoms with Crippen LogP contribution in [0.1, 0.15) is 37.6 Å². The molecule has 2 atom stereocenters. The molecule has 124 valence electrons. The Kier molecular flexibility index (Phi) is 4.88. The van der Waals surface area contributed by atoms with E-state index in [0.717, 1.165) is 38.8 Å². The van der Waals surface area contributed by atoms with E-state index in [1.165, 1.54) is 23.0 Å². The van der Waals surface area contributed by atoms with Crippen LogP contribution in [-0.2, 0) is 16.7 Å². The van der Waals surface area contributed by atoms with E-state index in [1.54, 1.807) is 0 Å². The van der Waals surface area contributed by atoms with Gasteiger partial charge >= 0.3 is 0 Å². The molecule has 0 spiro atoms. The van der Waals surface area contributed by atoms with Crippen LogP contribution in [0.2, 0.25) is 0 Å². The zero-order valence-electron chi connectivity index (χ0n) is 14.3. The van der Waals surface area contributed by atoms with Crippen molar-refractivity contribution in [3.63, 3.8) is 0 Å². The molecule has 2 fully saturated rings. The zero-order chi connectivity index (χ0) is 15.7. The van der Waals surface area contributed by atoms with Gasteiger partial charge in [0.05, 0.1) is 19.8 Å². The summed E-state index contributed by atoms with van der Waals surface area (Å²) in [6, 6.07) is 0.686. The number of rotatable bonds is 3. The van der Waals surface area contributed by atoms with Crippen LogP contribution in [0.15, 0.2) is 6.20 Å². The summed E-state index contributed by atoms with van der Waals surface area (Å²) >= 11 is 1.88. The van der Waals surface area contributed by atoms with Crippen LogP contribution in [0, 0.1) is 5.92 Å². The molecule has 0 amide bonds. The fraction of sp³-hybridized carbons (Fsp3) is 0.824. The van der Waals surface area contributed by atoms with Crippen molar-refractivity contribution in [2.24, 2.45) is 5.92 Å². The average Bonchev–Trinajstić information content (AvgIpc) is 3.07. The molecule has 0 saturated carbocycles. The predicted octanol–water partition coefficient (Wildman–Crippen LogP) is 2.59. The molecule has 2 saturated heterocycles. The minimum Gasteiger partial charge on any atom is -0.379 e. The maximum absolute atomic E-state index is 5.49. The van der Waals surface area contributed by atoms with Crippen molar-refractivity contribution in [1.29, 1.82) is 0 Å². The van der Waals surface area contributed by atoms with Crippen LogP contribution < -0.4 is 0 Å². The summed E-state index contributed by atoms with van der Waals surface area (Å²) in [5.74, 6) is 0.736. The Morgan fingerprint density at radius 1 is 1.27 bits per heavy atom. The monoisotopic (exact) mass is 323 g/mol. The molecule has 2 aliphatic rings. The summed E-state index contributed by atoms with van der Waals surface area (Å²) in [6.45, 7) is 16.5. The van der Waals surface area contributed by atoms with E-state index in [0.29, 0.717) is 6.04 Å². The molecular weight excluding hydrogens is 294 g/mol. The highest BCUT2D eigenvalue weighted by atomic mass is 32.1. The molecule has 0 radical (unpaired) electrons. The van der Waals surface area contributed by atoms with Crippen LogP contribution in [-0.4, -0.2) is 60.2 Å². The SMILES string of the molecule is C[C@@H]1CN(Cc2ncc(C(C)(C)C)s2)C[C@@H]1N1CCOCC1. The summed E-state index contributed by atoms with van der Waals surface area (Å²) in [6.07, 6.45) is 2.07. The van der Waals surface area contributed by atoms with E-state index in [9.17, 15) is 0 Å². The topological polar surface area (TPSA) is 28.6 Å². The van der Waals surface area contributed by atoms with E-state index >= 15 is 0 Å². The Balaban J connectivity index is 1.59. The second-order valence-electron chi connectivity index (χ2n) is 7.76. The minimum atomic E-state index is 0.213. The second kappa shape index (κ2) is 6.56. The number of ether oxygens (including phenoxy) is 1. The van der Waals surface area contributed by atoms with Gasteiger partial charge in [-0.2, -0.15) is 0 Å². The van der Waals surface area contributed by atoms with Crippen molar-refractivity contribution in [2.45, 2.75) is 45.7 Å². The largest absolute Gasteiger partial charge is 0.379 e. The highest BCUT2D eigenvalue weighted by Crippen LogP contribution is 2.30. The lowest BCUT2D eigenvalue weighted by Gasteiger charge is -2.34. The third-order valence-corrected chi connectivity index (χ3v) is 6.22. The Bertz CT molecular complexity index is 490. The Morgan fingerprint density at radius 2 is 2.00 bits per heavy atom. The van der Waals surface area contributed by atoms with Gasteiger partial charge in [-0.05, 0) is 11.3 Å². The molecule has 1 aromatic heterocycles. The highest BCUT2D eigenvalue weighted by molar-refractivity contribution is 7.11. The molecule has 4 nitrogen and oxygen atoms in total. The number of thiazole rings is 1. The predicted molar refractivity (Wildman–Crippen MR) is 91.4 cm³/mol. The lowest BCUT2D eigenvalue weighted by atomic mass is 9.96. The number of likely N-dealkylation sites (tertiary alicyclic amines) is 1. The van der Waals surface area contributed by atoms with Gasteiger partial charge in [-0.25, -0.2) is 4.98 Å². The average molecular weight is 324 g/mol. The highest BCUT2D eigenvalue weighted by Gasteiger charge is 2.34. The number of aromatic nitrogens is 1. The first kappa shape index (κ1) is 16.4. The lowest BCUT2D eigenvalue weighted by Crippen LogP contribution is -2.46. The maximum atomic E-state index is 5.49. The van der Waals surface area contributed by atoms with Crippen molar-refractivity contribution in [3.05, 3.63) is 16.1 Å². The fourth-order valence-corrected chi connectivity index (χ4v) is 4.50. The van der Waals surface area contributed by atoms with E-state index in [1.807, 2.05) is 11.3 Å². The van der Waals surface area contributed by atoms with Gasteiger partial charge in [0.1, 0.15) is 5.01 Å². The number of hydrogen-bond donors (Lipinski definition) is 0. The van der Waals surface area contributed by atoms with Crippen molar-refractivity contribution in [3.8, 4) is 0 Å². The zero-order valence-corrected chi connectivity index (χ0v) is 15.2. The first-order valence-corrected chi connectivity index (χ1v) is 9.24. The van der Waals surface area contributed by atoms with Gasteiger partial charge in [0.25, 0.3) is 0 Å². The molecule has 1 aromatic rings. The summed E-state index contributed by atoms with van der Waals surface area (Å²) in [4.78, 5) is 11.2. The van der Waals surface area contributed by atoms with Crippen LogP contribution in [0.5, 0.6) is 0 Å². The number of morpholine rings is 1. The molecule has 3 rings (SSSR count). The Morgan fingerprint density at radius 3 is 2.64 bits per heavy atom. The third-order valence-electron chi connectivity index (χ3n) is 4.81. The molecular formula is C17H29N3OS. The summed E-state index contributed by atoms with van der Waals surface area (Å²) < 4.78 is 5.49. The van der Waals surface area contributed by atoms with Gasteiger partial charge in [0.15, 0.2) is 0 Å². The first-order chi connectivity index (χ1) is 10.4. The Hall–Kier alpha value is -0.490. The van der Waals surface area contributed by atoms with E-state index in [4.69, 9.17) is 4.74 Å². The molecule has 0 unspecified atom stereocenters. The smallest absolute Gasteiger partial charge is 0.107 e. The van der Waals surface area contributed by atoms with E-state index in [2.05, 4.69) is 48.7 Å². The summed E-state index contributed by atoms with van der Waals surface area (Å²) in [7, 11) is 0. The molecule has 0 aliphatic carbocycles. The standard InChI is InChI=1S/C17H29N3OS/c1-13-10-19(11-14(13)20-5-7-21-8-6-20)12-16-18-9-15(22-16)17(2,3)4/h9,13-14H,5-8,10-12H2,1-4H3/t13-,14+/m1/s1. The first-order valence-electron chi connectivity index (χ1n) is 8.43. The minimum absolute atomic E-state index is 0.213. The van der Waals surface area contributed by atoms with Gasteiger partial charge in [-0.3, -0.25) is 9.80 Å². The van der Waals surface area contributed by atoms with E-state index in [-0.39, 0.29) is 5.41 Å². The van der Waals surface area contributed by atoms with Crippen LogP contribution in [0.25, 0.3) is 0 Å². The van der Waals surface area contributed by atoms with Crippen molar-refractivity contribution in [1.82, 2.24) is 14.8 Å². The normalized spacial score (nSPS) is 28.4. The van der Waals surface area contributed by atoms with Gasteiger partial charge in [-0.1, -0.05) is 27.7 Å². The van der Waals surface area contributed by atoms with Gasteiger partial charge in [-0.15, -0.1) is 11.3 Å². The number of nitrogens with zero attached hydrogens (tertiary/aromatic N) is 3. The molecule has 3 heterocycles. The van der Waals surface area contributed by atoms with Crippen LogP contribution in [0.4, 0.5) is 0 Å². The van der Waals surface area contributed by atoms with Crippen molar-refractivity contribution >= 4 is 11.3 Å². The molecule has 22 heavy (non-hydrogen) atoms. The van der Waals surface area contributed by atoms with Crippen LogP contribution in [0.3, 0.4) is 0 Å². The number of hydrogen-bond acceptors (Lipinski definition) is 5. The molecule has 0 N–H and O–H groups in total. The summed E-state index contributed by atoms with van der Waals surface area (Å²) in [5.41, 5.74) is 0.213. The van der Waals surface area contributed by atoms with E-state index < -0.39 is 0 Å². The molecule has 5 heteroatoms. The lowest BCUT2D eigenvalue weighted by molar-refractivity contribution is 0.0118. The van der Waals surface area contributed by atoms with Crippen LogP contribution >= 0.6 is 11.3 Å². The van der Waals surface area contributed by atoms with Gasteiger partial charge in [0, 0.05) is 43.3 Å². The van der Waals surface area contributed by atoms with Crippen molar-refractivity contribution < 1.29 is 4.74 Å². The van der Waals surface area contributed by atoms with Gasteiger partial charge < -0.3 is 4.74 Å². The fourth-order valence-electron chi connectivity index (χ4n) is 3.48. The molecule has 2 aliphatic heterocycles.